The second kappa shape index (κ2) is 5.72. The maximum Gasteiger partial charge on any atom is 0.325 e. The van der Waals surface area contributed by atoms with Crippen molar-refractivity contribution < 1.29 is 14.3 Å². The first-order valence-corrected chi connectivity index (χ1v) is 6.84. The Bertz CT molecular complexity index is 428. The van der Waals surface area contributed by atoms with Crippen LogP contribution in [0.4, 0.5) is 0 Å². The van der Waals surface area contributed by atoms with Crippen molar-refractivity contribution in [3.63, 3.8) is 0 Å². The van der Waals surface area contributed by atoms with Crippen molar-refractivity contribution in [1.82, 2.24) is 5.32 Å². The lowest BCUT2D eigenvalue weighted by Gasteiger charge is -2.19. The van der Waals surface area contributed by atoms with E-state index in [0.29, 0.717) is 13.2 Å². The Hall–Kier alpha value is -1.39. The largest absolute Gasteiger partial charge is 0.459 e. The van der Waals surface area contributed by atoms with Gasteiger partial charge in [0.1, 0.15) is 12.1 Å². The molecule has 0 aromatic heterocycles. The van der Waals surface area contributed by atoms with Gasteiger partial charge in [-0.15, -0.1) is 0 Å². The fourth-order valence-corrected chi connectivity index (χ4v) is 2.77. The molecule has 4 nitrogen and oxygen atoms in total. The highest BCUT2D eigenvalue weighted by atomic mass is 16.6. The lowest BCUT2D eigenvalue weighted by atomic mass is 9.92. The third-order valence-electron chi connectivity index (χ3n) is 3.79. The predicted octanol–water partition coefficient (Wildman–Crippen LogP) is 1.48. The van der Waals surface area contributed by atoms with Crippen molar-refractivity contribution in [1.29, 1.82) is 0 Å². The Balaban J connectivity index is 1.67. The van der Waals surface area contributed by atoms with E-state index < -0.39 is 0 Å². The summed E-state index contributed by atoms with van der Waals surface area (Å²) in [6.45, 7) is 1.94. The van der Waals surface area contributed by atoms with Gasteiger partial charge in [-0.1, -0.05) is 30.3 Å². The minimum atomic E-state index is -0.344. The molecule has 1 unspecified atom stereocenters. The number of carbonyl (C=O) groups is 1. The zero-order valence-electron chi connectivity index (χ0n) is 10.8. The lowest BCUT2D eigenvalue weighted by molar-refractivity contribution is -0.151. The molecule has 2 saturated heterocycles. The van der Waals surface area contributed by atoms with Crippen LogP contribution in [0.5, 0.6) is 0 Å². The summed E-state index contributed by atoms with van der Waals surface area (Å²) in [5, 5.41) is 4.42. The molecule has 0 bridgehead atoms. The maximum atomic E-state index is 12.2. The highest BCUT2D eigenvalue weighted by molar-refractivity contribution is 5.78. The molecule has 2 fully saturated rings. The van der Waals surface area contributed by atoms with E-state index in [1.165, 1.54) is 5.56 Å². The monoisotopic (exact) mass is 260 g/mol. The summed E-state index contributed by atoms with van der Waals surface area (Å²) >= 11 is 0. The number of benzene rings is 1. The Kier molecular flexibility index (Phi) is 3.80. The molecule has 0 saturated carbocycles. The fraction of sp³-hybridized carbons (Fsp3) is 0.533. The van der Waals surface area contributed by atoms with Crippen LogP contribution in [0.15, 0.2) is 30.3 Å². The zero-order chi connectivity index (χ0) is 13.1. The molecule has 2 heterocycles. The van der Waals surface area contributed by atoms with E-state index in [-0.39, 0.29) is 24.0 Å². The number of nitrogens with zero attached hydrogens (tertiary/aromatic N) is 1. The van der Waals surface area contributed by atoms with E-state index in [0.717, 1.165) is 19.4 Å². The summed E-state index contributed by atoms with van der Waals surface area (Å²) in [4.78, 5) is 12.2. The third-order valence-corrected chi connectivity index (χ3v) is 3.79. The van der Waals surface area contributed by atoms with Gasteiger partial charge >= 0.3 is 5.97 Å². The van der Waals surface area contributed by atoms with E-state index in [2.05, 4.69) is 17.4 Å². The molecular weight excluding hydrogens is 242 g/mol. The quantitative estimate of drug-likeness (QED) is 0.773. The smallest absolute Gasteiger partial charge is 0.325 e. The van der Waals surface area contributed by atoms with Crippen molar-refractivity contribution in [3.05, 3.63) is 35.9 Å². The normalized spacial score (nSPS) is 30.4. The fourth-order valence-electron chi connectivity index (χ4n) is 2.77. The van der Waals surface area contributed by atoms with Gasteiger partial charge in [-0.05, 0) is 12.0 Å². The van der Waals surface area contributed by atoms with Gasteiger partial charge < -0.3 is 9.47 Å². The average molecular weight is 260 g/mol. The number of hydrogen-bond acceptors (Lipinski definition) is 3. The highest BCUT2D eigenvalue weighted by Gasteiger charge is 2.37. The Morgan fingerprint density at radius 1 is 1.26 bits per heavy atom. The topological polar surface area (TPSA) is 49.6 Å². The van der Waals surface area contributed by atoms with Gasteiger partial charge in [-0.25, -0.2) is 5.32 Å². The van der Waals surface area contributed by atoms with Gasteiger partial charge in [-0.2, -0.15) is 0 Å². The van der Waals surface area contributed by atoms with Crippen LogP contribution in [-0.2, 0) is 14.3 Å². The van der Waals surface area contributed by atoms with Crippen LogP contribution in [0.25, 0.3) is 0 Å². The summed E-state index contributed by atoms with van der Waals surface area (Å²) < 4.78 is 10.7. The summed E-state index contributed by atoms with van der Waals surface area (Å²) in [7, 11) is 0. The highest BCUT2D eigenvalue weighted by Crippen LogP contribution is 2.29. The maximum absolute atomic E-state index is 12.2. The molecule has 19 heavy (non-hydrogen) atoms. The van der Waals surface area contributed by atoms with Gasteiger partial charge in [0.05, 0.1) is 13.2 Å². The summed E-state index contributed by atoms with van der Waals surface area (Å²) in [6.07, 6.45) is 1.64. The van der Waals surface area contributed by atoms with Crippen LogP contribution in [0, 0.1) is 0 Å². The first kappa shape index (κ1) is 12.6. The average Bonchev–Trinajstić information content (AvgIpc) is 3.10. The van der Waals surface area contributed by atoms with Crippen LogP contribution >= 0.6 is 0 Å². The Labute approximate surface area is 113 Å². The van der Waals surface area contributed by atoms with Crippen molar-refractivity contribution in [2.75, 3.05) is 19.8 Å². The van der Waals surface area contributed by atoms with Crippen molar-refractivity contribution in [2.24, 2.45) is 0 Å². The predicted molar refractivity (Wildman–Crippen MR) is 69.9 cm³/mol. The SMILES string of the molecule is O=C(O[C@H]1CCOC1)C1[N]CC[C@@H]1c1ccccc1. The third kappa shape index (κ3) is 2.80. The first-order chi connectivity index (χ1) is 9.34. The van der Waals surface area contributed by atoms with Crippen LogP contribution in [0.3, 0.4) is 0 Å². The van der Waals surface area contributed by atoms with Gasteiger partial charge in [-0.3, -0.25) is 4.79 Å². The van der Waals surface area contributed by atoms with Crippen molar-refractivity contribution in [2.45, 2.75) is 30.9 Å². The molecule has 2 aliphatic rings. The molecule has 2 aliphatic heterocycles. The molecule has 0 N–H and O–H groups in total. The van der Waals surface area contributed by atoms with Crippen molar-refractivity contribution in [3.8, 4) is 0 Å². The summed E-state index contributed by atoms with van der Waals surface area (Å²) in [6, 6.07) is 9.76. The minimum absolute atomic E-state index is 0.0836. The van der Waals surface area contributed by atoms with Gasteiger partial charge in [0.2, 0.25) is 0 Å². The molecule has 0 amide bonds. The number of ether oxygens (including phenoxy) is 2. The van der Waals surface area contributed by atoms with E-state index in [9.17, 15) is 4.79 Å². The molecule has 4 heteroatoms. The number of rotatable bonds is 3. The zero-order valence-corrected chi connectivity index (χ0v) is 10.8. The summed E-state index contributed by atoms with van der Waals surface area (Å²) in [5.74, 6) is -0.0297. The minimum Gasteiger partial charge on any atom is -0.459 e. The second-order valence-electron chi connectivity index (χ2n) is 5.08. The van der Waals surface area contributed by atoms with E-state index in [1.54, 1.807) is 0 Å². The van der Waals surface area contributed by atoms with Crippen LogP contribution < -0.4 is 5.32 Å². The standard InChI is InChI=1S/C15H18NO3/c17-15(19-12-7-9-18-10-12)14-13(6-8-16-14)11-4-2-1-3-5-11/h1-5,12-14H,6-10H2/t12-,13+,14?/m0/s1. The molecule has 3 rings (SSSR count). The number of carbonyl (C=O) groups excluding carboxylic acids is 1. The number of hydrogen-bond donors (Lipinski definition) is 0. The summed E-state index contributed by atoms with van der Waals surface area (Å²) in [5.41, 5.74) is 1.17. The molecular formula is C15H18NO3. The lowest BCUT2D eigenvalue weighted by Crippen LogP contribution is -2.35. The van der Waals surface area contributed by atoms with Gasteiger partial charge in [0.15, 0.2) is 0 Å². The molecule has 0 spiro atoms. The Morgan fingerprint density at radius 2 is 2.11 bits per heavy atom. The second-order valence-corrected chi connectivity index (χ2v) is 5.08. The number of esters is 1. The Morgan fingerprint density at radius 3 is 2.84 bits per heavy atom. The van der Waals surface area contributed by atoms with Gasteiger partial charge in [0.25, 0.3) is 0 Å². The van der Waals surface area contributed by atoms with Crippen molar-refractivity contribution >= 4 is 5.97 Å². The van der Waals surface area contributed by atoms with E-state index in [1.807, 2.05) is 18.2 Å². The van der Waals surface area contributed by atoms with Crippen LogP contribution in [-0.4, -0.2) is 37.9 Å². The molecule has 3 atom stereocenters. The molecule has 1 radical (unpaired) electrons. The molecule has 1 aromatic carbocycles. The molecule has 1 aromatic rings. The molecule has 0 aliphatic carbocycles. The van der Waals surface area contributed by atoms with Gasteiger partial charge in [0, 0.05) is 18.9 Å². The first-order valence-electron chi connectivity index (χ1n) is 6.84. The van der Waals surface area contributed by atoms with Crippen LogP contribution in [0.2, 0.25) is 0 Å². The molecule has 101 valence electrons. The van der Waals surface area contributed by atoms with Crippen LogP contribution in [0.1, 0.15) is 24.3 Å². The van der Waals surface area contributed by atoms with E-state index in [4.69, 9.17) is 9.47 Å². The van der Waals surface area contributed by atoms with E-state index >= 15 is 0 Å².